The predicted molar refractivity (Wildman–Crippen MR) is 95.8 cm³/mol. The maximum absolute atomic E-state index is 5.28. The number of allylic oxidation sites excluding steroid dienone is 2. The molecule has 0 aromatic rings. The maximum Gasteiger partial charge on any atom is 0.0841 e. The molecule has 126 valence electrons. The van der Waals surface area contributed by atoms with Crippen LogP contribution in [0.25, 0.3) is 0 Å². The van der Waals surface area contributed by atoms with Gasteiger partial charge in [0.1, 0.15) is 0 Å². The summed E-state index contributed by atoms with van der Waals surface area (Å²) in [5.41, 5.74) is 3.18. The van der Waals surface area contributed by atoms with Gasteiger partial charge in [0.2, 0.25) is 0 Å². The van der Waals surface area contributed by atoms with Crippen LogP contribution in [0.15, 0.2) is 11.1 Å². The molecule has 1 aliphatic heterocycles. The van der Waals surface area contributed by atoms with Crippen LogP contribution in [0.3, 0.4) is 0 Å². The molecule has 0 amide bonds. The predicted octanol–water partition coefficient (Wildman–Crippen LogP) is 6.77. The first kappa shape index (κ1) is 20.7. The van der Waals surface area contributed by atoms with E-state index in [1.165, 1.54) is 44.1 Å². The molecule has 2 rings (SSSR count). The molecular formula is C20H40O. The SMILES string of the molecule is C1CCC2OC2C1.CC.CCCC(C)C(=C(C)C)C(C)C. The Morgan fingerprint density at radius 2 is 1.48 bits per heavy atom. The Bertz CT molecular complexity index is 276. The third-order valence-corrected chi connectivity index (χ3v) is 4.37. The topological polar surface area (TPSA) is 12.5 Å². The second kappa shape index (κ2) is 11.3. The molecule has 21 heavy (non-hydrogen) atoms. The maximum atomic E-state index is 5.28. The van der Waals surface area contributed by atoms with Crippen LogP contribution in [-0.2, 0) is 4.74 Å². The minimum absolute atomic E-state index is 0.703. The lowest BCUT2D eigenvalue weighted by Crippen LogP contribution is -2.07. The summed E-state index contributed by atoms with van der Waals surface area (Å²) in [5, 5.41) is 0. The van der Waals surface area contributed by atoms with Gasteiger partial charge in [-0.2, -0.15) is 0 Å². The Labute approximate surface area is 134 Å². The molecule has 1 heteroatoms. The Morgan fingerprint density at radius 3 is 1.76 bits per heavy atom. The molecule has 0 radical (unpaired) electrons. The summed E-state index contributed by atoms with van der Waals surface area (Å²) in [6, 6.07) is 0. The molecule has 0 aromatic heterocycles. The van der Waals surface area contributed by atoms with Crippen LogP contribution in [0, 0.1) is 11.8 Å². The third kappa shape index (κ3) is 8.04. The van der Waals surface area contributed by atoms with Crippen molar-refractivity contribution in [1.82, 2.24) is 0 Å². The van der Waals surface area contributed by atoms with Crippen LogP contribution >= 0.6 is 0 Å². The Hall–Kier alpha value is -0.300. The van der Waals surface area contributed by atoms with Crippen LogP contribution in [-0.4, -0.2) is 12.2 Å². The molecule has 1 heterocycles. The fourth-order valence-corrected chi connectivity index (χ4v) is 3.61. The van der Waals surface area contributed by atoms with E-state index in [0.29, 0.717) is 12.2 Å². The molecule has 0 aromatic carbocycles. The van der Waals surface area contributed by atoms with Crippen LogP contribution in [0.2, 0.25) is 0 Å². The van der Waals surface area contributed by atoms with Crippen molar-refractivity contribution in [2.75, 3.05) is 0 Å². The van der Waals surface area contributed by atoms with Gasteiger partial charge in [0.15, 0.2) is 0 Å². The van der Waals surface area contributed by atoms with E-state index >= 15 is 0 Å². The van der Waals surface area contributed by atoms with Crippen LogP contribution in [0.1, 0.15) is 93.9 Å². The summed E-state index contributed by atoms with van der Waals surface area (Å²) >= 11 is 0. The van der Waals surface area contributed by atoms with Crippen molar-refractivity contribution in [2.24, 2.45) is 11.8 Å². The zero-order valence-corrected chi connectivity index (χ0v) is 16.0. The van der Waals surface area contributed by atoms with Gasteiger partial charge in [-0.05, 0) is 44.9 Å². The van der Waals surface area contributed by atoms with Gasteiger partial charge in [0.05, 0.1) is 12.2 Å². The van der Waals surface area contributed by atoms with Crippen molar-refractivity contribution >= 4 is 0 Å². The molecule has 0 spiro atoms. The highest BCUT2D eigenvalue weighted by atomic mass is 16.6. The number of rotatable bonds is 4. The smallest absolute Gasteiger partial charge is 0.0841 e. The van der Waals surface area contributed by atoms with E-state index in [1.807, 2.05) is 13.8 Å². The van der Waals surface area contributed by atoms with E-state index in [-0.39, 0.29) is 0 Å². The lowest BCUT2D eigenvalue weighted by Gasteiger charge is -2.21. The fraction of sp³-hybridized carbons (Fsp3) is 0.900. The summed E-state index contributed by atoms with van der Waals surface area (Å²) in [5.74, 6) is 1.50. The van der Waals surface area contributed by atoms with Gasteiger partial charge >= 0.3 is 0 Å². The van der Waals surface area contributed by atoms with Gasteiger partial charge in [-0.1, -0.05) is 72.0 Å². The first-order valence-corrected chi connectivity index (χ1v) is 9.30. The van der Waals surface area contributed by atoms with E-state index in [0.717, 1.165) is 11.8 Å². The standard InChI is InChI=1S/C12H24.C6H10O.C2H6/c1-7-8-11(6)12(9(2)3)10(4)5;1-2-4-6-5(3-1)7-6;1-2/h9,11H,7-8H2,1-6H3;5-6H,1-4H2;1-2H3. The number of epoxide rings is 1. The number of ether oxygens (including phenoxy) is 1. The molecule has 2 fully saturated rings. The van der Waals surface area contributed by atoms with Crippen LogP contribution in [0.5, 0.6) is 0 Å². The Morgan fingerprint density at radius 1 is 1.00 bits per heavy atom. The van der Waals surface area contributed by atoms with E-state index in [9.17, 15) is 0 Å². The van der Waals surface area contributed by atoms with E-state index in [2.05, 4.69) is 41.5 Å². The second-order valence-corrected chi connectivity index (χ2v) is 6.80. The number of hydrogen-bond acceptors (Lipinski definition) is 1. The van der Waals surface area contributed by atoms with Gasteiger partial charge in [-0.25, -0.2) is 0 Å². The molecule has 1 saturated carbocycles. The van der Waals surface area contributed by atoms with E-state index in [1.54, 1.807) is 5.57 Å². The lowest BCUT2D eigenvalue weighted by atomic mass is 9.85. The average Bonchev–Trinajstić information content (AvgIpc) is 3.20. The normalized spacial score (nSPS) is 23.9. The van der Waals surface area contributed by atoms with Gasteiger partial charge in [-0.15, -0.1) is 0 Å². The van der Waals surface area contributed by atoms with Crippen molar-refractivity contribution in [1.29, 1.82) is 0 Å². The summed E-state index contributed by atoms with van der Waals surface area (Å²) in [7, 11) is 0. The molecule has 3 unspecified atom stereocenters. The van der Waals surface area contributed by atoms with Crippen molar-refractivity contribution in [3.05, 3.63) is 11.1 Å². The molecule has 1 nitrogen and oxygen atoms in total. The van der Waals surface area contributed by atoms with Crippen molar-refractivity contribution in [3.63, 3.8) is 0 Å². The quantitative estimate of drug-likeness (QED) is 0.412. The molecule has 0 bridgehead atoms. The van der Waals surface area contributed by atoms with Gasteiger partial charge < -0.3 is 4.74 Å². The van der Waals surface area contributed by atoms with E-state index < -0.39 is 0 Å². The van der Waals surface area contributed by atoms with E-state index in [4.69, 9.17) is 4.74 Å². The van der Waals surface area contributed by atoms with Crippen molar-refractivity contribution in [2.45, 2.75) is 106 Å². The highest BCUT2D eigenvalue weighted by Gasteiger charge is 2.39. The highest BCUT2D eigenvalue weighted by Crippen LogP contribution is 2.35. The van der Waals surface area contributed by atoms with Crippen molar-refractivity contribution in [3.8, 4) is 0 Å². The van der Waals surface area contributed by atoms with Gasteiger partial charge in [0, 0.05) is 0 Å². The zero-order chi connectivity index (χ0) is 16.4. The molecule has 0 N–H and O–H groups in total. The van der Waals surface area contributed by atoms with Crippen LogP contribution in [0.4, 0.5) is 0 Å². The minimum Gasteiger partial charge on any atom is -0.370 e. The van der Waals surface area contributed by atoms with Crippen molar-refractivity contribution < 1.29 is 4.74 Å². The fourth-order valence-electron chi connectivity index (χ4n) is 3.61. The number of fused-ring (bicyclic) bond motifs is 1. The lowest BCUT2D eigenvalue weighted by molar-refractivity contribution is 0.373. The van der Waals surface area contributed by atoms with Crippen LogP contribution < -0.4 is 0 Å². The summed E-state index contributed by atoms with van der Waals surface area (Å²) in [6.07, 6.45) is 9.52. The van der Waals surface area contributed by atoms with Gasteiger partial charge in [-0.3, -0.25) is 0 Å². The third-order valence-electron chi connectivity index (χ3n) is 4.37. The molecule has 1 saturated heterocycles. The zero-order valence-electron chi connectivity index (χ0n) is 16.0. The first-order valence-electron chi connectivity index (χ1n) is 9.30. The largest absolute Gasteiger partial charge is 0.370 e. The summed E-state index contributed by atoms with van der Waals surface area (Å²) in [6.45, 7) is 17.7. The summed E-state index contributed by atoms with van der Waals surface area (Å²) < 4.78 is 5.28. The number of hydrogen-bond donors (Lipinski definition) is 0. The Kier molecular flexibility index (Phi) is 11.1. The van der Waals surface area contributed by atoms with Gasteiger partial charge in [0.25, 0.3) is 0 Å². The molecule has 3 atom stereocenters. The average molecular weight is 297 g/mol. The summed E-state index contributed by atoms with van der Waals surface area (Å²) in [4.78, 5) is 0. The second-order valence-electron chi connectivity index (χ2n) is 6.80. The molecular weight excluding hydrogens is 256 g/mol. The minimum atomic E-state index is 0.703. The molecule has 2 aliphatic rings. The highest BCUT2D eigenvalue weighted by molar-refractivity contribution is 5.14. The molecule has 1 aliphatic carbocycles. The monoisotopic (exact) mass is 296 g/mol. The Balaban J connectivity index is 0.000000369. The first-order chi connectivity index (χ1) is 9.97.